The molecule has 0 amide bonds. The zero-order valence-electron chi connectivity index (χ0n) is 12.3. The zero-order valence-corrected chi connectivity index (χ0v) is 12.3. The van der Waals surface area contributed by atoms with E-state index in [4.69, 9.17) is 5.11 Å². The van der Waals surface area contributed by atoms with Crippen LogP contribution in [0.1, 0.15) is 83.5 Å². The van der Waals surface area contributed by atoms with Crippen molar-refractivity contribution in [2.45, 2.75) is 83.5 Å². The largest absolute Gasteiger partial charge is 0.481 e. The first-order valence-electron chi connectivity index (χ1n) is 8.48. The maximum Gasteiger partial charge on any atom is 0.306 e. The summed E-state index contributed by atoms with van der Waals surface area (Å²) in [5, 5.41) is 9.10. The van der Waals surface area contributed by atoms with Crippen molar-refractivity contribution in [3.8, 4) is 0 Å². The predicted octanol–water partition coefficient (Wildman–Crippen LogP) is 5.02. The van der Waals surface area contributed by atoms with Gasteiger partial charge in [-0.1, -0.05) is 70.6 Å². The first kappa shape index (κ1) is 14.9. The van der Waals surface area contributed by atoms with Gasteiger partial charge in [-0.25, -0.2) is 0 Å². The smallest absolute Gasteiger partial charge is 0.306 e. The van der Waals surface area contributed by atoms with E-state index in [0.29, 0.717) is 5.92 Å². The maximum atomic E-state index is 11.0. The lowest BCUT2D eigenvalue weighted by atomic mass is 9.78. The Bertz CT molecular complexity index is 268. The van der Waals surface area contributed by atoms with Gasteiger partial charge < -0.3 is 5.11 Å². The number of carboxylic acids is 1. The third-order valence-electron chi connectivity index (χ3n) is 5.33. The Kier molecular flexibility index (Phi) is 6.19. The van der Waals surface area contributed by atoms with Crippen molar-refractivity contribution in [2.75, 3.05) is 0 Å². The van der Waals surface area contributed by atoms with Crippen LogP contribution in [0.5, 0.6) is 0 Å². The molecule has 0 radical (unpaired) electrons. The Hall–Kier alpha value is -0.530. The molecular formula is C17H30O2. The zero-order chi connectivity index (χ0) is 13.5. The number of unbranched alkanes of at least 4 members (excludes halogenated alkanes) is 1. The summed E-state index contributed by atoms with van der Waals surface area (Å²) in [5.41, 5.74) is 0. The van der Waals surface area contributed by atoms with Crippen molar-refractivity contribution >= 4 is 5.97 Å². The number of carbonyl (C=O) groups is 1. The first-order valence-corrected chi connectivity index (χ1v) is 8.48. The summed E-state index contributed by atoms with van der Waals surface area (Å²) in [6.07, 6.45) is 16.9. The Morgan fingerprint density at radius 1 is 0.842 bits per heavy atom. The van der Waals surface area contributed by atoms with Crippen molar-refractivity contribution in [2.24, 2.45) is 17.8 Å². The van der Waals surface area contributed by atoms with E-state index in [9.17, 15) is 4.79 Å². The van der Waals surface area contributed by atoms with Gasteiger partial charge in [-0.05, 0) is 24.7 Å². The highest BCUT2D eigenvalue weighted by Gasteiger charge is 2.26. The Balaban J connectivity index is 1.56. The molecule has 2 rings (SSSR count). The summed E-state index contributed by atoms with van der Waals surface area (Å²) >= 11 is 0. The molecule has 1 N–H and O–H groups in total. The Morgan fingerprint density at radius 3 is 2.16 bits per heavy atom. The van der Waals surface area contributed by atoms with E-state index in [2.05, 4.69) is 0 Å². The van der Waals surface area contributed by atoms with Crippen LogP contribution in [0.3, 0.4) is 0 Å². The van der Waals surface area contributed by atoms with E-state index in [-0.39, 0.29) is 5.92 Å². The second-order valence-corrected chi connectivity index (χ2v) is 6.86. The van der Waals surface area contributed by atoms with Gasteiger partial charge in [0.1, 0.15) is 0 Å². The number of hydrogen-bond acceptors (Lipinski definition) is 1. The summed E-state index contributed by atoms with van der Waals surface area (Å²) in [4.78, 5) is 11.0. The molecule has 0 bridgehead atoms. The van der Waals surface area contributed by atoms with E-state index in [0.717, 1.165) is 25.2 Å². The molecule has 0 aliphatic heterocycles. The van der Waals surface area contributed by atoms with E-state index < -0.39 is 5.97 Å². The third-order valence-corrected chi connectivity index (χ3v) is 5.33. The summed E-state index contributed by atoms with van der Waals surface area (Å²) in [6.45, 7) is 0. The van der Waals surface area contributed by atoms with Crippen molar-refractivity contribution in [3.63, 3.8) is 0 Å². The van der Waals surface area contributed by atoms with Gasteiger partial charge in [0.15, 0.2) is 0 Å². The van der Waals surface area contributed by atoms with Gasteiger partial charge in [0.25, 0.3) is 0 Å². The standard InChI is InChI=1S/C17H30O2/c18-17(19)16-12-6-11-15(13-16)10-5-4-9-14-7-2-1-3-8-14/h14-16H,1-13H2,(H,18,19). The van der Waals surface area contributed by atoms with Gasteiger partial charge in [-0.3, -0.25) is 4.79 Å². The first-order chi connectivity index (χ1) is 9.25. The fourth-order valence-corrected chi connectivity index (χ4v) is 4.12. The molecule has 0 aromatic carbocycles. The van der Waals surface area contributed by atoms with E-state index >= 15 is 0 Å². The van der Waals surface area contributed by atoms with Crippen LogP contribution >= 0.6 is 0 Å². The minimum Gasteiger partial charge on any atom is -0.481 e. The Morgan fingerprint density at radius 2 is 1.47 bits per heavy atom. The van der Waals surface area contributed by atoms with Gasteiger partial charge in [0.05, 0.1) is 5.92 Å². The molecule has 0 aromatic heterocycles. The minimum atomic E-state index is -0.563. The van der Waals surface area contributed by atoms with Gasteiger partial charge >= 0.3 is 5.97 Å². The van der Waals surface area contributed by atoms with Gasteiger partial charge in [-0.15, -0.1) is 0 Å². The highest BCUT2D eigenvalue weighted by molar-refractivity contribution is 5.70. The number of hydrogen-bond donors (Lipinski definition) is 1. The van der Waals surface area contributed by atoms with Crippen molar-refractivity contribution in [1.29, 1.82) is 0 Å². The lowest BCUT2D eigenvalue weighted by molar-refractivity contribution is -0.143. The van der Waals surface area contributed by atoms with Crippen LogP contribution in [-0.4, -0.2) is 11.1 Å². The minimum absolute atomic E-state index is 0.0444. The molecule has 19 heavy (non-hydrogen) atoms. The quantitative estimate of drug-likeness (QED) is 0.685. The summed E-state index contributed by atoms with van der Waals surface area (Å²) in [6, 6.07) is 0. The molecule has 2 heteroatoms. The van der Waals surface area contributed by atoms with Crippen LogP contribution < -0.4 is 0 Å². The van der Waals surface area contributed by atoms with Gasteiger partial charge in [-0.2, -0.15) is 0 Å². The normalized spacial score (nSPS) is 29.3. The molecule has 2 unspecified atom stereocenters. The average molecular weight is 266 g/mol. The molecule has 2 saturated carbocycles. The van der Waals surface area contributed by atoms with E-state index in [1.54, 1.807) is 0 Å². The third kappa shape index (κ3) is 5.16. The second kappa shape index (κ2) is 7.91. The van der Waals surface area contributed by atoms with Gasteiger partial charge in [0, 0.05) is 0 Å². The molecule has 0 aromatic rings. The fraction of sp³-hybridized carbons (Fsp3) is 0.941. The topological polar surface area (TPSA) is 37.3 Å². The SMILES string of the molecule is O=C(O)C1CCCC(CCCCC2CCCCC2)C1. The monoisotopic (exact) mass is 266 g/mol. The molecule has 2 aliphatic carbocycles. The van der Waals surface area contributed by atoms with Crippen molar-refractivity contribution in [1.82, 2.24) is 0 Å². The lowest BCUT2D eigenvalue weighted by Gasteiger charge is -2.27. The number of aliphatic carboxylic acids is 1. The Labute approximate surface area is 118 Å². The molecular weight excluding hydrogens is 236 g/mol. The van der Waals surface area contributed by atoms with Crippen LogP contribution in [0.2, 0.25) is 0 Å². The fourth-order valence-electron chi connectivity index (χ4n) is 4.12. The molecule has 2 atom stereocenters. The van der Waals surface area contributed by atoms with Crippen LogP contribution in [0.25, 0.3) is 0 Å². The van der Waals surface area contributed by atoms with Crippen molar-refractivity contribution < 1.29 is 9.90 Å². The van der Waals surface area contributed by atoms with Crippen LogP contribution in [0.4, 0.5) is 0 Å². The molecule has 0 saturated heterocycles. The molecule has 2 nitrogen and oxygen atoms in total. The van der Waals surface area contributed by atoms with E-state index in [1.165, 1.54) is 64.2 Å². The van der Waals surface area contributed by atoms with E-state index in [1.807, 2.05) is 0 Å². The maximum absolute atomic E-state index is 11.0. The molecule has 0 heterocycles. The summed E-state index contributed by atoms with van der Waals surface area (Å²) in [7, 11) is 0. The number of carboxylic acid groups (broad SMARTS) is 1. The van der Waals surface area contributed by atoms with Crippen LogP contribution in [0, 0.1) is 17.8 Å². The lowest BCUT2D eigenvalue weighted by Crippen LogP contribution is -2.22. The predicted molar refractivity (Wildman–Crippen MR) is 78.1 cm³/mol. The molecule has 110 valence electrons. The summed E-state index contributed by atoms with van der Waals surface area (Å²) < 4.78 is 0. The van der Waals surface area contributed by atoms with Crippen LogP contribution in [-0.2, 0) is 4.79 Å². The highest BCUT2D eigenvalue weighted by Crippen LogP contribution is 2.33. The summed E-state index contributed by atoms with van der Waals surface area (Å²) in [5.74, 6) is 1.09. The van der Waals surface area contributed by atoms with Crippen LogP contribution in [0.15, 0.2) is 0 Å². The highest BCUT2D eigenvalue weighted by atomic mass is 16.4. The molecule has 2 aliphatic rings. The van der Waals surface area contributed by atoms with Gasteiger partial charge in [0.2, 0.25) is 0 Å². The average Bonchev–Trinajstić information content (AvgIpc) is 2.45. The second-order valence-electron chi connectivity index (χ2n) is 6.86. The number of rotatable bonds is 6. The molecule has 0 spiro atoms. The molecule has 2 fully saturated rings. The van der Waals surface area contributed by atoms with Crippen molar-refractivity contribution in [3.05, 3.63) is 0 Å².